The average molecular weight is 310 g/mol. The van der Waals surface area contributed by atoms with Gasteiger partial charge in [-0.25, -0.2) is 8.42 Å². The van der Waals surface area contributed by atoms with Crippen LogP contribution in [0.25, 0.3) is 0 Å². The highest BCUT2D eigenvalue weighted by Crippen LogP contribution is 2.29. The summed E-state index contributed by atoms with van der Waals surface area (Å²) in [4.78, 5) is 0. The second-order valence-corrected chi connectivity index (χ2v) is 6.76. The lowest BCUT2D eigenvalue weighted by Gasteiger charge is -2.08. The van der Waals surface area contributed by atoms with Gasteiger partial charge in [0.2, 0.25) is 0 Å². The number of benzene rings is 1. The summed E-state index contributed by atoms with van der Waals surface area (Å²) in [5, 5.41) is 8.58. The number of rotatable bonds is 7. The molecule has 0 amide bonds. The van der Waals surface area contributed by atoms with Crippen LogP contribution in [0.5, 0.6) is 0 Å². The number of alkyl halides is 3. The third kappa shape index (κ3) is 5.92. The van der Waals surface area contributed by atoms with Crippen LogP contribution >= 0.6 is 0 Å². The molecule has 0 aliphatic heterocycles. The zero-order chi connectivity index (χ0) is 15.2. The van der Waals surface area contributed by atoms with Gasteiger partial charge in [-0.2, -0.15) is 13.2 Å². The quantitative estimate of drug-likeness (QED) is 0.788. The standard InChI is InChI=1S/C13H17F3O3S/c14-13(15,16)12-6-4-11(5-7-12)10-20(18,19)9-3-1-2-8-17/h4-7,17H,1-3,8-10H2. The SMILES string of the molecule is O=S(=O)(CCCCCO)Cc1ccc(C(F)(F)F)cc1. The van der Waals surface area contributed by atoms with Crippen LogP contribution in [-0.4, -0.2) is 25.9 Å². The Bertz CT molecular complexity index is 507. The smallest absolute Gasteiger partial charge is 0.396 e. The highest BCUT2D eigenvalue weighted by molar-refractivity contribution is 7.90. The first-order valence-corrected chi connectivity index (χ1v) is 8.04. The topological polar surface area (TPSA) is 54.4 Å². The van der Waals surface area contributed by atoms with Crippen molar-refractivity contribution in [1.82, 2.24) is 0 Å². The average Bonchev–Trinajstić information content (AvgIpc) is 2.34. The largest absolute Gasteiger partial charge is 0.416 e. The number of aliphatic hydroxyl groups is 1. The van der Waals surface area contributed by atoms with E-state index >= 15 is 0 Å². The molecule has 0 unspecified atom stereocenters. The van der Waals surface area contributed by atoms with Crippen LogP contribution in [0.1, 0.15) is 30.4 Å². The maximum absolute atomic E-state index is 12.4. The van der Waals surface area contributed by atoms with Crippen molar-refractivity contribution < 1.29 is 26.7 Å². The van der Waals surface area contributed by atoms with Gasteiger partial charge in [0.25, 0.3) is 0 Å². The van der Waals surface area contributed by atoms with Crippen molar-refractivity contribution in [3.05, 3.63) is 35.4 Å². The van der Waals surface area contributed by atoms with Gasteiger partial charge < -0.3 is 5.11 Å². The molecule has 0 heterocycles. The van der Waals surface area contributed by atoms with Crippen LogP contribution in [-0.2, 0) is 21.8 Å². The minimum Gasteiger partial charge on any atom is -0.396 e. The molecule has 0 aliphatic rings. The molecule has 1 aromatic rings. The minimum atomic E-state index is -4.41. The van der Waals surface area contributed by atoms with Crippen molar-refractivity contribution in [1.29, 1.82) is 0 Å². The van der Waals surface area contributed by atoms with E-state index in [4.69, 9.17) is 5.11 Å². The first-order chi connectivity index (χ1) is 9.24. The molecule has 0 saturated heterocycles. The second-order valence-electron chi connectivity index (χ2n) is 4.57. The Morgan fingerprint density at radius 2 is 1.60 bits per heavy atom. The fourth-order valence-corrected chi connectivity index (χ4v) is 3.22. The van der Waals surface area contributed by atoms with Crippen LogP contribution < -0.4 is 0 Å². The molecule has 3 nitrogen and oxygen atoms in total. The van der Waals surface area contributed by atoms with Gasteiger partial charge in [-0.15, -0.1) is 0 Å². The van der Waals surface area contributed by atoms with E-state index in [1.54, 1.807) is 0 Å². The summed E-state index contributed by atoms with van der Waals surface area (Å²) in [6.07, 6.45) is -2.80. The van der Waals surface area contributed by atoms with E-state index in [2.05, 4.69) is 0 Å². The Morgan fingerprint density at radius 1 is 1.00 bits per heavy atom. The van der Waals surface area contributed by atoms with Gasteiger partial charge >= 0.3 is 6.18 Å². The molecule has 1 aromatic carbocycles. The molecule has 0 radical (unpaired) electrons. The number of unbranched alkanes of at least 4 members (excludes halogenated alkanes) is 2. The van der Waals surface area contributed by atoms with Crippen molar-refractivity contribution in [2.45, 2.75) is 31.2 Å². The third-order valence-corrected chi connectivity index (χ3v) is 4.47. The van der Waals surface area contributed by atoms with Gasteiger partial charge in [0, 0.05) is 6.61 Å². The van der Waals surface area contributed by atoms with Gasteiger partial charge in [-0.05, 0) is 30.5 Å². The van der Waals surface area contributed by atoms with Gasteiger partial charge in [0.05, 0.1) is 17.1 Å². The van der Waals surface area contributed by atoms with E-state index in [1.807, 2.05) is 0 Å². The van der Waals surface area contributed by atoms with Crippen LogP contribution in [0.3, 0.4) is 0 Å². The van der Waals surface area contributed by atoms with E-state index in [0.717, 1.165) is 12.1 Å². The molecule has 0 bridgehead atoms. The summed E-state index contributed by atoms with van der Waals surface area (Å²) in [7, 11) is -3.33. The molecule has 1 N–H and O–H groups in total. The van der Waals surface area contributed by atoms with Crippen molar-refractivity contribution in [3.63, 3.8) is 0 Å². The first-order valence-electron chi connectivity index (χ1n) is 6.22. The van der Waals surface area contributed by atoms with Crippen molar-refractivity contribution >= 4 is 9.84 Å². The molecule has 0 spiro atoms. The molecule has 1 rings (SSSR count). The molecule has 7 heteroatoms. The molecule has 0 atom stereocenters. The highest BCUT2D eigenvalue weighted by atomic mass is 32.2. The summed E-state index contributed by atoms with van der Waals surface area (Å²) in [6.45, 7) is 0.0267. The second kappa shape index (κ2) is 7.08. The van der Waals surface area contributed by atoms with Crippen molar-refractivity contribution in [2.24, 2.45) is 0 Å². The molecule has 0 fully saturated rings. The van der Waals surface area contributed by atoms with Gasteiger partial charge in [-0.1, -0.05) is 18.6 Å². The van der Waals surface area contributed by atoms with Gasteiger partial charge in [0.15, 0.2) is 9.84 Å². The van der Waals surface area contributed by atoms with Crippen molar-refractivity contribution in [3.8, 4) is 0 Å². The lowest BCUT2D eigenvalue weighted by Crippen LogP contribution is -2.10. The molecule has 0 aliphatic carbocycles. The van der Waals surface area contributed by atoms with E-state index in [0.29, 0.717) is 24.8 Å². The molecular formula is C13H17F3O3S. The molecule has 0 saturated carbocycles. The van der Waals surface area contributed by atoms with E-state index in [-0.39, 0.29) is 18.1 Å². The Balaban J connectivity index is 2.59. The Labute approximate surface area is 116 Å². The number of aliphatic hydroxyl groups excluding tert-OH is 1. The number of hydrogen-bond donors (Lipinski definition) is 1. The first kappa shape index (κ1) is 17.0. The summed E-state index contributed by atoms with van der Waals surface area (Å²) < 4.78 is 60.6. The minimum absolute atomic E-state index is 0.0198. The summed E-state index contributed by atoms with van der Waals surface area (Å²) in [5.41, 5.74) is -0.443. The normalized spacial score (nSPS) is 12.6. The maximum atomic E-state index is 12.4. The van der Waals surface area contributed by atoms with E-state index in [1.165, 1.54) is 12.1 Å². The monoisotopic (exact) mass is 310 g/mol. The fraction of sp³-hybridized carbons (Fsp3) is 0.538. The lowest BCUT2D eigenvalue weighted by molar-refractivity contribution is -0.137. The van der Waals surface area contributed by atoms with Crippen LogP contribution in [0.4, 0.5) is 13.2 Å². The molecule has 0 aromatic heterocycles. The highest BCUT2D eigenvalue weighted by Gasteiger charge is 2.30. The number of sulfone groups is 1. The Hall–Kier alpha value is -1.08. The molecular weight excluding hydrogens is 293 g/mol. The zero-order valence-corrected chi connectivity index (χ0v) is 11.7. The number of hydrogen-bond acceptors (Lipinski definition) is 3. The fourth-order valence-electron chi connectivity index (χ4n) is 1.73. The Morgan fingerprint density at radius 3 is 2.10 bits per heavy atom. The van der Waals surface area contributed by atoms with Crippen LogP contribution in [0.2, 0.25) is 0 Å². The summed E-state index contributed by atoms with van der Waals surface area (Å²) >= 11 is 0. The van der Waals surface area contributed by atoms with Crippen molar-refractivity contribution in [2.75, 3.05) is 12.4 Å². The summed E-state index contributed by atoms with van der Waals surface area (Å²) in [6, 6.07) is 4.15. The maximum Gasteiger partial charge on any atom is 0.416 e. The van der Waals surface area contributed by atoms with Crippen LogP contribution in [0, 0.1) is 0 Å². The zero-order valence-electron chi connectivity index (χ0n) is 10.9. The third-order valence-electron chi connectivity index (χ3n) is 2.78. The lowest BCUT2D eigenvalue weighted by atomic mass is 10.1. The Kier molecular flexibility index (Phi) is 6.01. The van der Waals surface area contributed by atoms with E-state index < -0.39 is 21.6 Å². The van der Waals surface area contributed by atoms with E-state index in [9.17, 15) is 21.6 Å². The predicted octanol–water partition coefficient (Wildman–Crippen LogP) is 2.78. The van der Waals surface area contributed by atoms with Gasteiger partial charge in [0.1, 0.15) is 0 Å². The molecule has 20 heavy (non-hydrogen) atoms. The predicted molar refractivity (Wildman–Crippen MR) is 69.9 cm³/mol. The van der Waals surface area contributed by atoms with Gasteiger partial charge in [-0.3, -0.25) is 0 Å². The number of halogens is 3. The molecule has 114 valence electrons. The summed E-state index contributed by atoms with van der Waals surface area (Å²) in [5.74, 6) is -0.279. The van der Waals surface area contributed by atoms with Crippen LogP contribution in [0.15, 0.2) is 24.3 Å².